The molecular weight excluding hydrogens is 162 g/mol. The smallest absolute Gasteiger partial charge is 0.222 e. The minimum Gasteiger partial charge on any atom is -0.222 e. The Kier molecular flexibility index (Phi) is 5.49. The maximum absolute atomic E-state index is 8.35. The second-order valence-electron chi connectivity index (χ2n) is 3.11. The molecule has 0 saturated heterocycles. The number of isocyanates is 1. The van der Waals surface area contributed by atoms with Gasteiger partial charge in [0.15, 0.2) is 0 Å². The molecule has 2 nitrogen and oxygen atoms in total. The fraction of sp³-hybridized carbons (Fsp3) is 0.364. The zero-order valence-corrected chi connectivity index (χ0v) is 8.29. The summed E-state index contributed by atoms with van der Waals surface area (Å²) in [6, 6.07) is 8.54. The lowest BCUT2D eigenvalue weighted by molar-refractivity contribution is 0.563. The minimum atomic E-state index is 0.654. The van der Waals surface area contributed by atoms with E-state index in [0.717, 1.165) is 6.08 Å². The molecule has 0 spiro atoms. The van der Waals surface area contributed by atoms with Crippen molar-refractivity contribution in [2.75, 3.05) is 0 Å². The quantitative estimate of drug-likeness (QED) is 0.520. The lowest BCUT2D eigenvalue weighted by Gasteiger charge is -2.07. The van der Waals surface area contributed by atoms with E-state index in [1.807, 2.05) is 0 Å². The van der Waals surface area contributed by atoms with Crippen molar-refractivity contribution in [3.63, 3.8) is 0 Å². The second kappa shape index (κ2) is 6.15. The summed E-state index contributed by atoms with van der Waals surface area (Å²) in [6.45, 7) is 6.61. The summed E-state index contributed by atoms with van der Waals surface area (Å²) >= 11 is 0. The molecule has 0 aliphatic carbocycles. The van der Waals surface area contributed by atoms with Gasteiger partial charge in [0.05, 0.1) is 0 Å². The van der Waals surface area contributed by atoms with Gasteiger partial charge in [-0.25, -0.2) is 10.2 Å². The van der Waals surface area contributed by atoms with E-state index >= 15 is 0 Å². The molecule has 2 heteroatoms. The molecule has 0 atom stereocenters. The first-order valence-corrected chi connectivity index (χ1v) is 4.22. The zero-order valence-electron chi connectivity index (χ0n) is 8.29. The fourth-order valence-electron chi connectivity index (χ4n) is 1.23. The van der Waals surface area contributed by atoms with Crippen LogP contribution in [0.5, 0.6) is 0 Å². The topological polar surface area (TPSA) is 40.9 Å². The van der Waals surface area contributed by atoms with Crippen molar-refractivity contribution >= 4 is 6.08 Å². The second-order valence-corrected chi connectivity index (χ2v) is 3.11. The van der Waals surface area contributed by atoms with Crippen LogP contribution in [0, 0.1) is 12.3 Å². The van der Waals surface area contributed by atoms with E-state index in [1.54, 1.807) is 0 Å². The first kappa shape index (κ1) is 11.6. The SMILES string of the molecule is Cc1ccccc1C(C)C.N=C=O. The molecule has 1 N–H and O–H groups in total. The van der Waals surface area contributed by atoms with E-state index in [1.165, 1.54) is 11.1 Å². The Morgan fingerprint density at radius 1 is 1.31 bits per heavy atom. The van der Waals surface area contributed by atoms with Gasteiger partial charge in [0, 0.05) is 0 Å². The lowest BCUT2D eigenvalue weighted by Crippen LogP contribution is -1.89. The highest BCUT2D eigenvalue weighted by atomic mass is 16.1. The highest BCUT2D eigenvalue weighted by Gasteiger charge is 1.99. The van der Waals surface area contributed by atoms with E-state index < -0.39 is 0 Å². The van der Waals surface area contributed by atoms with Crippen molar-refractivity contribution in [2.45, 2.75) is 26.7 Å². The molecule has 13 heavy (non-hydrogen) atoms. The van der Waals surface area contributed by atoms with Crippen LogP contribution in [0.1, 0.15) is 30.9 Å². The maximum Gasteiger partial charge on any atom is 0.231 e. The van der Waals surface area contributed by atoms with Gasteiger partial charge in [-0.2, -0.15) is 0 Å². The van der Waals surface area contributed by atoms with Crippen molar-refractivity contribution in [3.05, 3.63) is 35.4 Å². The van der Waals surface area contributed by atoms with E-state index in [0.29, 0.717) is 5.92 Å². The summed E-state index contributed by atoms with van der Waals surface area (Å²) in [6.07, 6.45) is 0.750. The summed E-state index contributed by atoms with van der Waals surface area (Å²) in [5, 5.41) is 5.40. The largest absolute Gasteiger partial charge is 0.231 e. The summed E-state index contributed by atoms with van der Waals surface area (Å²) < 4.78 is 0. The number of carbonyl (C=O) groups excluding carboxylic acids is 1. The molecule has 0 amide bonds. The Morgan fingerprint density at radius 3 is 2.08 bits per heavy atom. The average Bonchev–Trinajstić information content (AvgIpc) is 2.06. The molecule has 0 saturated carbocycles. The van der Waals surface area contributed by atoms with E-state index in [2.05, 4.69) is 45.0 Å². The van der Waals surface area contributed by atoms with Gasteiger partial charge in [-0.3, -0.25) is 0 Å². The van der Waals surface area contributed by atoms with Gasteiger partial charge in [-0.05, 0) is 24.0 Å². The van der Waals surface area contributed by atoms with Gasteiger partial charge in [-0.1, -0.05) is 38.1 Å². The van der Waals surface area contributed by atoms with Crippen LogP contribution in [-0.2, 0) is 4.79 Å². The van der Waals surface area contributed by atoms with Gasteiger partial charge >= 0.3 is 0 Å². The third-order valence-corrected chi connectivity index (χ3v) is 1.81. The zero-order chi connectivity index (χ0) is 10.3. The van der Waals surface area contributed by atoms with Crippen molar-refractivity contribution in [2.24, 2.45) is 0 Å². The number of benzene rings is 1. The molecule has 0 heterocycles. The van der Waals surface area contributed by atoms with Crippen LogP contribution < -0.4 is 0 Å². The Labute approximate surface area is 79.1 Å². The van der Waals surface area contributed by atoms with Crippen molar-refractivity contribution in [1.82, 2.24) is 0 Å². The Morgan fingerprint density at radius 2 is 1.77 bits per heavy atom. The number of aryl methyl sites for hydroxylation is 1. The summed E-state index contributed by atoms with van der Waals surface area (Å²) in [7, 11) is 0. The van der Waals surface area contributed by atoms with Gasteiger partial charge in [0.2, 0.25) is 6.08 Å². The molecule has 1 aromatic carbocycles. The van der Waals surface area contributed by atoms with Crippen LogP contribution >= 0.6 is 0 Å². The first-order valence-electron chi connectivity index (χ1n) is 4.22. The average molecular weight is 177 g/mol. The van der Waals surface area contributed by atoms with Crippen LogP contribution in [0.25, 0.3) is 0 Å². The summed E-state index contributed by atoms with van der Waals surface area (Å²) in [5.41, 5.74) is 2.86. The number of hydrogen-bond acceptors (Lipinski definition) is 2. The minimum absolute atomic E-state index is 0.654. The predicted octanol–water partition coefficient (Wildman–Crippen LogP) is 3.02. The van der Waals surface area contributed by atoms with Crippen molar-refractivity contribution < 1.29 is 4.79 Å². The molecule has 0 unspecified atom stereocenters. The van der Waals surface area contributed by atoms with Crippen LogP contribution in [0.15, 0.2) is 24.3 Å². The number of nitrogens with one attached hydrogen (secondary N) is 1. The highest BCUT2D eigenvalue weighted by Crippen LogP contribution is 2.17. The van der Waals surface area contributed by atoms with Crippen LogP contribution in [0.3, 0.4) is 0 Å². The lowest BCUT2D eigenvalue weighted by atomic mass is 9.99. The maximum atomic E-state index is 8.35. The van der Waals surface area contributed by atoms with Gasteiger partial charge in [0.25, 0.3) is 0 Å². The highest BCUT2D eigenvalue weighted by molar-refractivity contribution is 5.27. The number of hydrogen-bond donors (Lipinski definition) is 1. The molecule has 0 aliphatic rings. The molecule has 1 rings (SSSR count). The molecule has 0 radical (unpaired) electrons. The van der Waals surface area contributed by atoms with E-state index in [-0.39, 0.29) is 0 Å². The van der Waals surface area contributed by atoms with Crippen LogP contribution in [-0.4, -0.2) is 6.08 Å². The first-order chi connectivity index (χ1) is 6.13. The van der Waals surface area contributed by atoms with Crippen molar-refractivity contribution in [3.8, 4) is 0 Å². The van der Waals surface area contributed by atoms with Crippen LogP contribution in [0.2, 0.25) is 0 Å². The Balaban J connectivity index is 0.000000424. The summed E-state index contributed by atoms with van der Waals surface area (Å²) in [5.74, 6) is 0.654. The predicted molar refractivity (Wildman–Crippen MR) is 53.7 cm³/mol. The molecule has 0 bridgehead atoms. The molecule has 0 aromatic heterocycles. The monoisotopic (exact) mass is 177 g/mol. The third kappa shape index (κ3) is 4.24. The van der Waals surface area contributed by atoms with Gasteiger partial charge in [-0.15, -0.1) is 0 Å². The molecule has 0 fully saturated rings. The Hall–Kier alpha value is -1.40. The van der Waals surface area contributed by atoms with Crippen LogP contribution in [0.4, 0.5) is 0 Å². The third-order valence-electron chi connectivity index (χ3n) is 1.81. The van der Waals surface area contributed by atoms with Crippen molar-refractivity contribution in [1.29, 1.82) is 5.41 Å². The molecule has 70 valence electrons. The summed E-state index contributed by atoms with van der Waals surface area (Å²) in [4.78, 5) is 8.35. The number of rotatable bonds is 1. The normalized spacial score (nSPS) is 8.62. The van der Waals surface area contributed by atoms with E-state index in [4.69, 9.17) is 10.2 Å². The Bertz CT molecular complexity index is 286. The molecule has 0 aliphatic heterocycles. The van der Waals surface area contributed by atoms with Gasteiger partial charge in [0.1, 0.15) is 0 Å². The molecular formula is C11H15NO. The molecule has 1 aromatic rings. The van der Waals surface area contributed by atoms with Gasteiger partial charge < -0.3 is 0 Å². The fourth-order valence-corrected chi connectivity index (χ4v) is 1.23. The standard InChI is InChI=1S/C10H14.CHNO/c1-8(2)10-7-5-4-6-9(10)3;2-1-3/h4-8H,1-3H3;2H. The van der Waals surface area contributed by atoms with E-state index in [9.17, 15) is 0 Å².